The summed E-state index contributed by atoms with van der Waals surface area (Å²) < 4.78 is 5.12. The number of nitrogens with one attached hydrogen (secondary N) is 2. The van der Waals surface area contributed by atoms with Crippen LogP contribution in [0.4, 0.5) is 0 Å². The molecule has 1 aliphatic rings. The summed E-state index contributed by atoms with van der Waals surface area (Å²) in [4.78, 5) is 38.0. The molecule has 2 heterocycles. The number of hydrogen-bond acceptors (Lipinski definition) is 4. The summed E-state index contributed by atoms with van der Waals surface area (Å²) in [6.07, 6.45) is 3.50. The Hall–Kier alpha value is -2.31. The Labute approximate surface area is 141 Å². The molecule has 1 aromatic rings. The van der Waals surface area contributed by atoms with E-state index in [0.29, 0.717) is 38.2 Å². The first kappa shape index (κ1) is 18.0. The Morgan fingerprint density at radius 2 is 2.04 bits per heavy atom. The molecule has 24 heavy (non-hydrogen) atoms. The van der Waals surface area contributed by atoms with Gasteiger partial charge in [0, 0.05) is 25.6 Å². The van der Waals surface area contributed by atoms with Crippen LogP contribution in [0.25, 0.3) is 0 Å². The third-order valence-electron chi connectivity index (χ3n) is 4.19. The molecule has 3 amide bonds. The maximum atomic E-state index is 12.3. The second-order valence-electron chi connectivity index (χ2n) is 6.07. The third kappa shape index (κ3) is 4.59. The zero-order valence-corrected chi connectivity index (χ0v) is 14.2. The summed E-state index contributed by atoms with van der Waals surface area (Å²) in [5, 5.41) is 5.52. The van der Waals surface area contributed by atoms with Gasteiger partial charge in [0.2, 0.25) is 11.8 Å². The first-order valence-electron chi connectivity index (χ1n) is 8.43. The molecule has 0 bridgehead atoms. The summed E-state index contributed by atoms with van der Waals surface area (Å²) in [5.74, 6) is -0.299. The van der Waals surface area contributed by atoms with Crippen molar-refractivity contribution in [2.75, 3.05) is 19.6 Å². The Kier molecular flexibility index (Phi) is 6.40. The topological polar surface area (TPSA) is 91.7 Å². The SMILES string of the molecule is CCCNC(=O)C(C)NC(=O)C1CCN(C(=O)c2ccco2)CC1. The largest absolute Gasteiger partial charge is 0.459 e. The number of carbonyl (C=O) groups is 3. The van der Waals surface area contributed by atoms with Crippen LogP contribution in [-0.2, 0) is 9.59 Å². The summed E-state index contributed by atoms with van der Waals surface area (Å²) in [7, 11) is 0. The molecule has 1 unspecified atom stereocenters. The van der Waals surface area contributed by atoms with Gasteiger partial charge in [-0.1, -0.05) is 6.92 Å². The van der Waals surface area contributed by atoms with Gasteiger partial charge in [-0.15, -0.1) is 0 Å². The van der Waals surface area contributed by atoms with Crippen molar-refractivity contribution in [1.29, 1.82) is 0 Å². The molecule has 0 aliphatic carbocycles. The van der Waals surface area contributed by atoms with Gasteiger partial charge in [0.05, 0.1) is 6.26 Å². The van der Waals surface area contributed by atoms with Crippen molar-refractivity contribution in [2.45, 2.75) is 39.2 Å². The molecule has 0 radical (unpaired) electrons. The Morgan fingerprint density at radius 3 is 2.62 bits per heavy atom. The van der Waals surface area contributed by atoms with Gasteiger partial charge in [-0.3, -0.25) is 14.4 Å². The molecule has 1 saturated heterocycles. The van der Waals surface area contributed by atoms with Crippen LogP contribution in [0.3, 0.4) is 0 Å². The minimum atomic E-state index is -0.549. The fraction of sp³-hybridized carbons (Fsp3) is 0.588. The molecule has 7 nitrogen and oxygen atoms in total. The van der Waals surface area contributed by atoms with Crippen molar-refractivity contribution >= 4 is 17.7 Å². The van der Waals surface area contributed by atoms with Gasteiger partial charge in [0.1, 0.15) is 6.04 Å². The molecule has 1 fully saturated rings. The Balaban J connectivity index is 1.78. The third-order valence-corrected chi connectivity index (χ3v) is 4.19. The lowest BCUT2D eigenvalue weighted by molar-refractivity contribution is -0.131. The number of nitrogens with zero attached hydrogens (tertiary/aromatic N) is 1. The summed E-state index contributed by atoms with van der Waals surface area (Å²) in [5.41, 5.74) is 0. The van der Waals surface area contributed by atoms with E-state index in [1.807, 2.05) is 6.92 Å². The van der Waals surface area contributed by atoms with E-state index in [2.05, 4.69) is 10.6 Å². The average Bonchev–Trinajstić information content (AvgIpc) is 3.13. The standard InChI is InChI=1S/C17H25N3O4/c1-3-8-18-15(21)12(2)19-16(22)13-6-9-20(10-7-13)17(23)14-5-4-11-24-14/h4-5,11-13H,3,6-10H2,1-2H3,(H,18,21)(H,19,22). The second-order valence-corrected chi connectivity index (χ2v) is 6.07. The van der Waals surface area contributed by atoms with Gasteiger partial charge in [0.25, 0.3) is 5.91 Å². The summed E-state index contributed by atoms with van der Waals surface area (Å²) >= 11 is 0. The van der Waals surface area contributed by atoms with Crippen molar-refractivity contribution < 1.29 is 18.8 Å². The number of likely N-dealkylation sites (tertiary alicyclic amines) is 1. The number of carbonyl (C=O) groups excluding carboxylic acids is 3. The van der Waals surface area contributed by atoms with E-state index in [0.717, 1.165) is 6.42 Å². The lowest BCUT2D eigenvalue weighted by Gasteiger charge is -2.31. The zero-order chi connectivity index (χ0) is 17.5. The van der Waals surface area contributed by atoms with Gasteiger partial charge in [-0.2, -0.15) is 0 Å². The van der Waals surface area contributed by atoms with Crippen LogP contribution in [0.1, 0.15) is 43.7 Å². The normalized spacial score (nSPS) is 16.5. The van der Waals surface area contributed by atoms with E-state index >= 15 is 0 Å². The minimum absolute atomic E-state index is 0.126. The molecule has 2 rings (SSSR count). The predicted octanol–water partition coefficient (Wildman–Crippen LogP) is 1.16. The van der Waals surface area contributed by atoms with Crippen molar-refractivity contribution in [1.82, 2.24) is 15.5 Å². The monoisotopic (exact) mass is 335 g/mol. The highest BCUT2D eigenvalue weighted by Gasteiger charge is 2.29. The van der Waals surface area contributed by atoms with Crippen molar-refractivity contribution in [3.05, 3.63) is 24.2 Å². The maximum absolute atomic E-state index is 12.3. The second kappa shape index (κ2) is 8.52. The van der Waals surface area contributed by atoms with Crippen LogP contribution >= 0.6 is 0 Å². The fourth-order valence-electron chi connectivity index (χ4n) is 2.70. The lowest BCUT2D eigenvalue weighted by Crippen LogP contribution is -2.49. The van der Waals surface area contributed by atoms with E-state index < -0.39 is 6.04 Å². The molecule has 0 aromatic carbocycles. The highest BCUT2D eigenvalue weighted by molar-refractivity contribution is 5.92. The number of amides is 3. The van der Waals surface area contributed by atoms with E-state index in [1.165, 1.54) is 6.26 Å². The van der Waals surface area contributed by atoms with Crippen LogP contribution in [0.15, 0.2) is 22.8 Å². The molecular weight excluding hydrogens is 310 g/mol. The van der Waals surface area contributed by atoms with Gasteiger partial charge in [0.15, 0.2) is 5.76 Å². The van der Waals surface area contributed by atoms with Crippen LogP contribution in [0, 0.1) is 5.92 Å². The molecule has 0 saturated carbocycles. The van der Waals surface area contributed by atoms with Crippen molar-refractivity contribution in [2.24, 2.45) is 5.92 Å². The van der Waals surface area contributed by atoms with E-state index in [4.69, 9.17) is 4.42 Å². The summed E-state index contributed by atoms with van der Waals surface area (Å²) in [6, 6.07) is 2.77. The fourth-order valence-corrected chi connectivity index (χ4v) is 2.70. The lowest BCUT2D eigenvalue weighted by atomic mass is 9.95. The smallest absolute Gasteiger partial charge is 0.289 e. The van der Waals surface area contributed by atoms with Crippen LogP contribution in [0.5, 0.6) is 0 Å². The molecular formula is C17H25N3O4. The van der Waals surface area contributed by atoms with Crippen LogP contribution in [0.2, 0.25) is 0 Å². The first-order chi connectivity index (χ1) is 11.5. The van der Waals surface area contributed by atoms with Crippen molar-refractivity contribution in [3.8, 4) is 0 Å². The number of rotatable bonds is 6. The maximum Gasteiger partial charge on any atom is 0.289 e. The molecule has 1 atom stereocenters. The average molecular weight is 335 g/mol. The quantitative estimate of drug-likeness (QED) is 0.816. The molecule has 132 valence electrons. The van der Waals surface area contributed by atoms with Crippen LogP contribution in [-0.4, -0.2) is 48.3 Å². The number of furan rings is 1. The first-order valence-corrected chi connectivity index (χ1v) is 8.43. The molecule has 2 N–H and O–H groups in total. The molecule has 0 spiro atoms. The molecule has 1 aromatic heterocycles. The van der Waals surface area contributed by atoms with Gasteiger partial charge in [-0.05, 0) is 38.3 Å². The highest BCUT2D eigenvalue weighted by atomic mass is 16.3. The van der Waals surface area contributed by atoms with Gasteiger partial charge < -0.3 is 20.0 Å². The Bertz CT molecular complexity index is 562. The predicted molar refractivity (Wildman–Crippen MR) is 88.2 cm³/mol. The molecule has 7 heteroatoms. The van der Waals surface area contributed by atoms with E-state index in [9.17, 15) is 14.4 Å². The van der Waals surface area contributed by atoms with Crippen molar-refractivity contribution in [3.63, 3.8) is 0 Å². The number of hydrogen-bond donors (Lipinski definition) is 2. The summed E-state index contributed by atoms with van der Waals surface area (Å²) in [6.45, 7) is 5.27. The van der Waals surface area contributed by atoms with E-state index in [1.54, 1.807) is 24.0 Å². The highest BCUT2D eigenvalue weighted by Crippen LogP contribution is 2.19. The van der Waals surface area contributed by atoms with Gasteiger partial charge >= 0.3 is 0 Å². The van der Waals surface area contributed by atoms with E-state index in [-0.39, 0.29) is 23.6 Å². The molecule has 1 aliphatic heterocycles. The zero-order valence-electron chi connectivity index (χ0n) is 14.2. The minimum Gasteiger partial charge on any atom is -0.459 e. The Morgan fingerprint density at radius 1 is 1.33 bits per heavy atom. The van der Waals surface area contributed by atoms with Gasteiger partial charge in [-0.25, -0.2) is 0 Å². The van der Waals surface area contributed by atoms with Crippen LogP contribution < -0.4 is 10.6 Å². The number of piperidine rings is 1.